The van der Waals surface area contributed by atoms with E-state index in [-0.39, 0.29) is 0 Å². The van der Waals surface area contributed by atoms with E-state index in [2.05, 4.69) is 54.7 Å². The van der Waals surface area contributed by atoms with Gasteiger partial charge in [-0.15, -0.1) is 0 Å². The second-order valence-electron chi connectivity index (χ2n) is 7.62. The summed E-state index contributed by atoms with van der Waals surface area (Å²) < 4.78 is 0. The maximum atomic E-state index is 6.28. The number of thiocarbonyl (C=S) groups is 1. The highest BCUT2D eigenvalue weighted by molar-refractivity contribution is 7.80. The maximum Gasteiger partial charge on any atom is 0.232 e. The number of hydrogen-bond donors (Lipinski definition) is 2. The minimum Gasteiger partial charge on any atom is -0.368 e. The fourth-order valence-electron chi connectivity index (χ4n) is 4.03. The van der Waals surface area contributed by atoms with Crippen LogP contribution in [0.3, 0.4) is 0 Å². The van der Waals surface area contributed by atoms with Crippen molar-refractivity contribution in [2.24, 2.45) is 0 Å². The van der Waals surface area contributed by atoms with Crippen molar-refractivity contribution in [1.29, 1.82) is 0 Å². The summed E-state index contributed by atoms with van der Waals surface area (Å²) in [7, 11) is 0. The maximum absolute atomic E-state index is 6.28. The van der Waals surface area contributed by atoms with E-state index < -0.39 is 0 Å². The number of para-hydroxylation sites is 1. The predicted octanol–water partition coefficient (Wildman–Crippen LogP) is 4.08. The standard InChI is InChI=1S/C21H27ClN6S/c22-18-15-19(28-13-11-27(12-14-28)17-9-5-2-6-10-17)25-20(24-18)26-21(29)23-16-7-3-1-4-8-16/h2,5-6,9-10,15-16H,1,3-4,7-8,11-14H2,(H2,23,24,25,26,29). The molecule has 6 nitrogen and oxygen atoms in total. The van der Waals surface area contributed by atoms with E-state index in [4.69, 9.17) is 23.8 Å². The van der Waals surface area contributed by atoms with Crippen molar-refractivity contribution < 1.29 is 0 Å². The van der Waals surface area contributed by atoms with Crippen LogP contribution in [0.25, 0.3) is 0 Å². The third kappa shape index (κ3) is 5.48. The van der Waals surface area contributed by atoms with Crippen molar-refractivity contribution in [2.45, 2.75) is 38.1 Å². The minimum absolute atomic E-state index is 0.420. The first-order chi connectivity index (χ1) is 14.2. The van der Waals surface area contributed by atoms with Gasteiger partial charge in [-0.3, -0.25) is 0 Å². The Morgan fingerprint density at radius 1 is 0.966 bits per heavy atom. The Morgan fingerprint density at radius 2 is 1.66 bits per heavy atom. The quantitative estimate of drug-likeness (QED) is 0.560. The molecule has 2 aromatic rings. The SMILES string of the molecule is S=C(Nc1nc(Cl)cc(N2CCN(c3ccccc3)CC2)n1)NC1CCCCC1. The number of aromatic nitrogens is 2. The first-order valence-electron chi connectivity index (χ1n) is 10.3. The lowest BCUT2D eigenvalue weighted by Gasteiger charge is -2.36. The molecule has 2 N–H and O–H groups in total. The van der Waals surface area contributed by atoms with Gasteiger partial charge in [-0.25, -0.2) is 4.98 Å². The highest BCUT2D eigenvalue weighted by Crippen LogP contribution is 2.22. The van der Waals surface area contributed by atoms with E-state index in [1.165, 1.54) is 24.9 Å². The second-order valence-corrected chi connectivity index (χ2v) is 8.41. The molecule has 1 aromatic heterocycles. The Balaban J connectivity index is 1.36. The minimum atomic E-state index is 0.420. The lowest BCUT2D eigenvalue weighted by atomic mass is 9.96. The van der Waals surface area contributed by atoms with Crippen molar-refractivity contribution in [3.8, 4) is 0 Å². The number of piperazine rings is 1. The Morgan fingerprint density at radius 3 is 2.38 bits per heavy atom. The second kappa shape index (κ2) is 9.59. The number of hydrogen-bond acceptors (Lipinski definition) is 5. The topological polar surface area (TPSA) is 56.3 Å². The zero-order valence-electron chi connectivity index (χ0n) is 16.5. The molecule has 8 heteroatoms. The average Bonchev–Trinajstić information content (AvgIpc) is 2.75. The van der Waals surface area contributed by atoms with Gasteiger partial charge in [0.25, 0.3) is 0 Å². The van der Waals surface area contributed by atoms with E-state index in [9.17, 15) is 0 Å². The molecule has 0 bridgehead atoms. The third-order valence-electron chi connectivity index (χ3n) is 5.57. The molecular weight excluding hydrogens is 404 g/mol. The van der Waals surface area contributed by atoms with Crippen LogP contribution in [-0.2, 0) is 0 Å². The summed E-state index contributed by atoms with van der Waals surface area (Å²) in [5.41, 5.74) is 1.26. The molecule has 0 atom stereocenters. The van der Waals surface area contributed by atoms with Crippen LogP contribution in [0.15, 0.2) is 36.4 Å². The van der Waals surface area contributed by atoms with Gasteiger partial charge >= 0.3 is 0 Å². The smallest absolute Gasteiger partial charge is 0.232 e. The number of anilines is 3. The molecule has 1 saturated carbocycles. The van der Waals surface area contributed by atoms with Crippen molar-refractivity contribution in [2.75, 3.05) is 41.3 Å². The van der Waals surface area contributed by atoms with Crippen LogP contribution in [0.1, 0.15) is 32.1 Å². The summed E-state index contributed by atoms with van der Waals surface area (Å²) >= 11 is 11.7. The summed E-state index contributed by atoms with van der Waals surface area (Å²) in [5, 5.41) is 7.50. The Bertz CT molecular complexity index is 819. The molecule has 2 heterocycles. The highest BCUT2D eigenvalue weighted by Gasteiger charge is 2.20. The van der Waals surface area contributed by atoms with E-state index in [0.29, 0.717) is 22.3 Å². The van der Waals surface area contributed by atoms with Gasteiger partial charge in [0, 0.05) is 44.0 Å². The molecule has 0 unspecified atom stereocenters. The van der Waals surface area contributed by atoms with Crippen LogP contribution in [0.5, 0.6) is 0 Å². The normalized spacial score (nSPS) is 17.8. The summed E-state index contributed by atoms with van der Waals surface area (Å²) in [5.74, 6) is 1.28. The molecule has 2 fully saturated rings. The lowest BCUT2D eigenvalue weighted by molar-refractivity contribution is 0.414. The van der Waals surface area contributed by atoms with Gasteiger partial charge in [-0.2, -0.15) is 4.98 Å². The lowest BCUT2D eigenvalue weighted by Crippen LogP contribution is -2.47. The van der Waals surface area contributed by atoms with E-state index >= 15 is 0 Å². The monoisotopic (exact) mass is 430 g/mol. The molecule has 0 amide bonds. The van der Waals surface area contributed by atoms with Crippen LogP contribution in [0.4, 0.5) is 17.5 Å². The molecule has 154 valence electrons. The number of benzene rings is 1. The van der Waals surface area contributed by atoms with Gasteiger partial charge in [0.15, 0.2) is 5.11 Å². The number of halogens is 1. The van der Waals surface area contributed by atoms with Gasteiger partial charge in [0.2, 0.25) is 5.95 Å². The van der Waals surface area contributed by atoms with Gasteiger partial charge in [0.05, 0.1) is 0 Å². The van der Waals surface area contributed by atoms with Crippen molar-refractivity contribution in [3.05, 3.63) is 41.6 Å². The molecule has 4 rings (SSSR count). The molecule has 0 spiro atoms. The molecule has 0 radical (unpaired) electrons. The molecule has 2 aliphatic rings. The molecule has 29 heavy (non-hydrogen) atoms. The average molecular weight is 431 g/mol. The summed E-state index contributed by atoms with van der Waals surface area (Å²) in [6.07, 6.45) is 6.15. The fraction of sp³-hybridized carbons (Fsp3) is 0.476. The Kier molecular flexibility index (Phi) is 6.67. The van der Waals surface area contributed by atoms with Gasteiger partial charge in [0.1, 0.15) is 11.0 Å². The molecule has 1 aliphatic heterocycles. The van der Waals surface area contributed by atoms with Crippen molar-refractivity contribution in [3.63, 3.8) is 0 Å². The summed E-state index contributed by atoms with van der Waals surface area (Å²) in [6.45, 7) is 3.64. The van der Waals surface area contributed by atoms with Crippen LogP contribution in [0.2, 0.25) is 5.15 Å². The van der Waals surface area contributed by atoms with Crippen LogP contribution in [-0.4, -0.2) is 47.3 Å². The van der Waals surface area contributed by atoms with Crippen molar-refractivity contribution >= 4 is 46.4 Å². The zero-order chi connectivity index (χ0) is 20.1. The Hall–Kier alpha value is -2.12. The first kappa shape index (κ1) is 20.2. The number of nitrogens with zero attached hydrogens (tertiary/aromatic N) is 4. The third-order valence-corrected chi connectivity index (χ3v) is 5.99. The van der Waals surface area contributed by atoms with Gasteiger partial charge < -0.3 is 20.4 Å². The van der Waals surface area contributed by atoms with E-state index in [1.54, 1.807) is 0 Å². The Labute approximate surface area is 182 Å². The van der Waals surface area contributed by atoms with E-state index in [0.717, 1.165) is 44.8 Å². The molecule has 1 saturated heterocycles. The molecule has 1 aromatic carbocycles. The first-order valence-corrected chi connectivity index (χ1v) is 11.1. The van der Waals surface area contributed by atoms with Crippen LogP contribution < -0.4 is 20.4 Å². The zero-order valence-corrected chi connectivity index (χ0v) is 18.1. The number of rotatable bonds is 4. The predicted molar refractivity (Wildman–Crippen MR) is 124 cm³/mol. The molecular formula is C21H27ClN6S. The fourth-order valence-corrected chi connectivity index (χ4v) is 4.46. The number of nitrogens with one attached hydrogen (secondary N) is 2. The van der Waals surface area contributed by atoms with Crippen LogP contribution >= 0.6 is 23.8 Å². The van der Waals surface area contributed by atoms with E-state index in [1.807, 2.05) is 12.1 Å². The summed E-state index contributed by atoms with van der Waals surface area (Å²) in [4.78, 5) is 13.6. The highest BCUT2D eigenvalue weighted by atomic mass is 35.5. The van der Waals surface area contributed by atoms with Gasteiger partial charge in [-0.05, 0) is 37.2 Å². The van der Waals surface area contributed by atoms with Gasteiger partial charge in [-0.1, -0.05) is 49.1 Å². The van der Waals surface area contributed by atoms with Crippen LogP contribution in [0, 0.1) is 0 Å². The largest absolute Gasteiger partial charge is 0.368 e. The summed E-state index contributed by atoms with van der Waals surface area (Å²) in [6, 6.07) is 12.8. The molecule has 1 aliphatic carbocycles. The van der Waals surface area contributed by atoms with Crippen molar-refractivity contribution in [1.82, 2.24) is 15.3 Å².